The molecule has 0 radical (unpaired) electrons. The van der Waals surface area contributed by atoms with Gasteiger partial charge in [0.2, 0.25) is 0 Å². The summed E-state index contributed by atoms with van der Waals surface area (Å²) in [6, 6.07) is 23.6. The quantitative estimate of drug-likeness (QED) is 0.291. The SMILES string of the molecule is [O-]C1=Nc2ccccc2C1=Nn1c(N=Nc2c([O-])[nH]c3ccccc23)nnc1-c1ccccc1.[Zn+2]. The van der Waals surface area contributed by atoms with Crippen LogP contribution in [-0.2, 0) is 19.5 Å². The molecule has 0 atom stereocenters. The van der Waals surface area contributed by atoms with Crippen molar-refractivity contribution < 1.29 is 29.7 Å². The molecule has 0 saturated heterocycles. The number of aromatic nitrogens is 4. The number of hydrogen-bond acceptors (Lipinski definition) is 8. The first kappa shape index (κ1) is 22.3. The van der Waals surface area contributed by atoms with Crippen LogP contribution in [0.1, 0.15) is 5.56 Å². The summed E-state index contributed by atoms with van der Waals surface area (Å²) in [7, 11) is 0. The average molecular weight is 512 g/mol. The summed E-state index contributed by atoms with van der Waals surface area (Å²) >= 11 is 0. The summed E-state index contributed by atoms with van der Waals surface area (Å²) in [4.78, 5) is 6.80. The predicted molar refractivity (Wildman–Crippen MR) is 123 cm³/mol. The number of aliphatic imine (C=N–C) groups is 1. The van der Waals surface area contributed by atoms with Crippen LogP contribution >= 0.6 is 0 Å². The van der Waals surface area contributed by atoms with Crippen LogP contribution in [0.4, 0.5) is 17.3 Å². The van der Waals surface area contributed by atoms with Crippen LogP contribution < -0.4 is 10.2 Å². The zero-order chi connectivity index (χ0) is 23.1. The zero-order valence-corrected chi connectivity index (χ0v) is 21.1. The van der Waals surface area contributed by atoms with Gasteiger partial charge in [-0.1, -0.05) is 66.7 Å². The van der Waals surface area contributed by atoms with E-state index in [2.05, 4.69) is 35.5 Å². The van der Waals surface area contributed by atoms with E-state index < -0.39 is 5.90 Å². The number of aromatic amines is 1. The van der Waals surface area contributed by atoms with Gasteiger partial charge in [-0.25, -0.2) is 0 Å². The van der Waals surface area contributed by atoms with Gasteiger partial charge < -0.3 is 15.2 Å². The molecule has 0 amide bonds. The molecule has 10 nitrogen and oxygen atoms in total. The second kappa shape index (κ2) is 9.04. The normalized spacial score (nSPS) is 13.8. The number of nitrogens with zero attached hydrogens (tertiary/aromatic N) is 7. The van der Waals surface area contributed by atoms with Crippen LogP contribution in [0.2, 0.25) is 0 Å². The van der Waals surface area contributed by atoms with Gasteiger partial charge >= 0.3 is 19.5 Å². The van der Waals surface area contributed by atoms with Gasteiger partial charge in [0.15, 0.2) is 5.82 Å². The summed E-state index contributed by atoms with van der Waals surface area (Å²) in [5.41, 5.74) is 2.80. The molecule has 1 aliphatic heterocycles. The Labute approximate surface area is 211 Å². The first-order valence-corrected chi connectivity index (χ1v) is 10.3. The molecular weight excluding hydrogens is 498 g/mol. The van der Waals surface area contributed by atoms with E-state index in [1.54, 1.807) is 36.4 Å². The Bertz CT molecular complexity index is 1640. The third-order valence-electron chi connectivity index (χ3n) is 5.32. The van der Waals surface area contributed by atoms with Gasteiger partial charge in [0, 0.05) is 27.9 Å². The fraction of sp³-hybridized carbons (Fsp3) is 0. The van der Waals surface area contributed by atoms with E-state index in [1.807, 2.05) is 42.5 Å². The first-order chi connectivity index (χ1) is 16.7. The standard InChI is InChI=1S/C24H16N8O2.Zn/c33-22-19(15-10-4-6-12-17(15)25-22)27-29-24-30-28-21(14-8-2-1-3-9-14)32(24)31-20-16-11-5-7-13-18(16)26-23(20)34;/h1-13,25,33H,(H,26,31,34);/q;+2/p-2. The van der Waals surface area contributed by atoms with Crippen molar-refractivity contribution in [3.8, 4) is 17.3 Å². The molecule has 164 valence electrons. The molecule has 0 spiro atoms. The Hall–Kier alpha value is -4.50. The molecule has 6 rings (SSSR count). The molecule has 35 heavy (non-hydrogen) atoms. The molecule has 3 heterocycles. The number of fused-ring (bicyclic) bond motifs is 2. The van der Waals surface area contributed by atoms with Crippen molar-refractivity contribution in [1.29, 1.82) is 0 Å². The molecule has 2 aromatic heterocycles. The van der Waals surface area contributed by atoms with E-state index in [1.165, 1.54) is 4.68 Å². The van der Waals surface area contributed by atoms with E-state index >= 15 is 0 Å². The second-order valence-electron chi connectivity index (χ2n) is 7.43. The molecule has 1 aliphatic rings. The van der Waals surface area contributed by atoms with Gasteiger partial charge in [-0.15, -0.1) is 20.4 Å². The van der Waals surface area contributed by atoms with Gasteiger partial charge in [0.05, 0.1) is 5.69 Å². The van der Waals surface area contributed by atoms with E-state index in [0.29, 0.717) is 33.5 Å². The maximum atomic E-state index is 12.6. The maximum absolute atomic E-state index is 12.6. The van der Waals surface area contributed by atoms with Crippen LogP contribution in [-0.4, -0.2) is 31.5 Å². The predicted octanol–water partition coefficient (Wildman–Crippen LogP) is 3.57. The Morgan fingerprint density at radius 1 is 0.800 bits per heavy atom. The van der Waals surface area contributed by atoms with Gasteiger partial charge in [0.25, 0.3) is 5.95 Å². The van der Waals surface area contributed by atoms with E-state index in [-0.39, 0.29) is 42.7 Å². The van der Waals surface area contributed by atoms with E-state index in [4.69, 9.17) is 0 Å². The third kappa shape index (κ3) is 3.91. The molecule has 1 N–H and O–H groups in total. The second-order valence-corrected chi connectivity index (χ2v) is 7.43. The zero-order valence-electron chi connectivity index (χ0n) is 18.2. The fourth-order valence-corrected chi connectivity index (χ4v) is 3.74. The molecule has 0 aliphatic carbocycles. The molecule has 3 aromatic carbocycles. The minimum absolute atomic E-state index is 0. The van der Waals surface area contributed by atoms with Crippen molar-refractivity contribution in [1.82, 2.24) is 19.9 Å². The van der Waals surface area contributed by atoms with Crippen molar-refractivity contribution in [2.24, 2.45) is 20.3 Å². The smallest absolute Gasteiger partial charge is 0.859 e. The number of hydrogen-bond donors (Lipinski definition) is 1. The Morgan fingerprint density at radius 2 is 1.54 bits per heavy atom. The van der Waals surface area contributed by atoms with Crippen LogP contribution in [0.3, 0.4) is 0 Å². The third-order valence-corrected chi connectivity index (χ3v) is 5.32. The molecule has 0 fully saturated rings. The maximum Gasteiger partial charge on any atom is 2.00 e. The first-order valence-electron chi connectivity index (χ1n) is 10.3. The largest absolute Gasteiger partial charge is 2.00 e. The Morgan fingerprint density at radius 3 is 2.40 bits per heavy atom. The Kier molecular flexibility index (Phi) is 5.76. The molecule has 0 saturated carbocycles. The minimum atomic E-state index is -0.477. The van der Waals surface area contributed by atoms with Crippen molar-refractivity contribution in [2.45, 2.75) is 0 Å². The van der Waals surface area contributed by atoms with Gasteiger partial charge in [-0.3, -0.25) is 4.99 Å². The monoisotopic (exact) mass is 510 g/mol. The number of nitrogens with one attached hydrogen (secondary N) is 1. The minimum Gasteiger partial charge on any atom is -0.859 e. The van der Waals surface area contributed by atoms with Crippen LogP contribution in [0.5, 0.6) is 5.88 Å². The van der Waals surface area contributed by atoms with Crippen molar-refractivity contribution in [2.75, 3.05) is 0 Å². The molecule has 0 unspecified atom stereocenters. The summed E-state index contributed by atoms with van der Waals surface area (Å²) in [6.45, 7) is 0. The summed E-state index contributed by atoms with van der Waals surface area (Å²) in [5, 5.41) is 46.8. The fourth-order valence-electron chi connectivity index (χ4n) is 3.74. The van der Waals surface area contributed by atoms with Gasteiger partial charge in [0.1, 0.15) is 11.4 Å². The van der Waals surface area contributed by atoms with Crippen LogP contribution in [0.15, 0.2) is 99.2 Å². The Balaban J connectivity index is 0.00000253. The topological polar surface area (TPSA) is 142 Å². The number of H-pyrrole nitrogens is 1. The number of para-hydroxylation sites is 2. The molecule has 0 bridgehead atoms. The van der Waals surface area contributed by atoms with Crippen molar-refractivity contribution in [3.05, 3.63) is 84.4 Å². The summed E-state index contributed by atoms with van der Waals surface area (Å²) < 4.78 is 1.34. The van der Waals surface area contributed by atoms with Crippen LogP contribution in [0.25, 0.3) is 22.3 Å². The average Bonchev–Trinajstić information content (AvgIpc) is 3.51. The molecule has 11 heteroatoms. The number of azo groups is 1. The van der Waals surface area contributed by atoms with Crippen molar-refractivity contribution in [3.63, 3.8) is 0 Å². The molecule has 5 aromatic rings. The van der Waals surface area contributed by atoms with Gasteiger partial charge in [-0.2, -0.15) is 9.78 Å². The number of rotatable bonds is 4. The number of benzene rings is 3. The summed E-state index contributed by atoms with van der Waals surface area (Å²) in [5.74, 6) is -0.478. The van der Waals surface area contributed by atoms with E-state index in [9.17, 15) is 10.2 Å². The summed E-state index contributed by atoms with van der Waals surface area (Å²) in [6.07, 6.45) is 0. The van der Waals surface area contributed by atoms with E-state index in [0.717, 1.165) is 0 Å². The van der Waals surface area contributed by atoms with Gasteiger partial charge in [-0.05, 0) is 18.0 Å². The van der Waals surface area contributed by atoms with Crippen molar-refractivity contribution >= 4 is 39.8 Å². The van der Waals surface area contributed by atoms with Crippen LogP contribution in [0, 0.1) is 0 Å². The molecular formula is C24H14N8O2Zn.